The predicted octanol–water partition coefficient (Wildman–Crippen LogP) is 3.35. The number of hydrogen-bond donors (Lipinski definition) is 1. The van der Waals surface area contributed by atoms with Crippen molar-refractivity contribution in [3.63, 3.8) is 0 Å². The first kappa shape index (κ1) is 34.9. The zero-order valence-electron chi connectivity index (χ0n) is 25.4. The Bertz CT molecular complexity index is 1140. The smallest absolute Gasteiger partial charge is 0.422 e. The van der Waals surface area contributed by atoms with Crippen LogP contribution in [0.3, 0.4) is 0 Å². The van der Waals surface area contributed by atoms with Gasteiger partial charge in [0.05, 0.1) is 19.8 Å². The number of carbonyl (C=O) groups is 6. The van der Waals surface area contributed by atoms with Crippen molar-refractivity contribution in [3.8, 4) is 0 Å². The lowest BCUT2D eigenvalue weighted by atomic mass is 10.1. The summed E-state index contributed by atoms with van der Waals surface area (Å²) < 4.78 is 20.3. The van der Waals surface area contributed by atoms with Crippen LogP contribution in [0.2, 0.25) is 0 Å². The fraction of sp³-hybridized carbons (Fsp3) is 0.571. The van der Waals surface area contributed by atoms with Crippen LogP contribution >= 0.6 is 0 Å². The highest BCUT2D eigenvalue weighted by molar-refractivity contribution is 6.10. The van der Waals surface area contributed by atoms with Crippen molar-refractivity contribution >= 4 is 35.9 Å². The molecule has 41 heavy (non-hydrogen) atoms. The first-order valence-corrected chi connectivity index (χ1v) is 13.1. The molecule has 0 spiro atoms. The maximum absolute atomic E-state index is 14.0. The van der Waals surface area contributed by atoms with Gasteiger partial charge in [-0.1, -0.05) is 19.1 Å². The summed E-state index contributed by atoms with van der Waals surface area (Å²) >= 11 is 0. The van der Waals surface area contributed by atoms with Crippen molar-refractivity contribution < 1.29 is 47.7 Å². The van der Waals surface area contributed by atoms with Crippen LogP contribution in [0.1, 0.15) is 68.7 Å². The van der Waals surface area contributed by atoms with E-state index >= 15 is 0 Å². The number of hydrogen-bond acceptors (Lipinski definition) is 10. The Balaban J connectivity index is 3.68. The largest absolute Gasteiger partial charge is 0.464 e. The van der Waals surface area contributed by atoms with Gasteiger partial charge in [0, 0.05) is 6.54 Å². The molecule has 13 heteroatoms. The van der Waals surface area contributed by atoms with Gasteiger partial charge in [-0.2, -0.15) is 0 Å². The van der Waals surface area contributed by atoms with Gasteiger partial charge in [-0.15, -0.1) is 0 Å². The van der Waals surface area contributed by atoms with Crippen molar-refractivity contribution in [2.75, 3.05) is 20.3 Å². The van der Waals surface area contributed by atoms with Crippen LogP contribution < -0.4 is 5.32 Å². The molecule has 1 atom stereocenters. The summed E-state index contributed by atoms with van der Waals surface area (Å²) in [5, 5.41) is 2.25. The van der Waals surface area contributed by atoms with Crippen LogP contribution in [0, 0.1) is 0 Å². The molecule has 0 aromatic rings. The zero-order chi connectivity index (χ0) is 31.7. The van der Waals surface area contributed by atoms with Crippen molar-refractivity contribution in [3.05, 3.63) is 35.2 Å². The number of allylic oxidation sites excluding steroid dienone is 1. The average molecular weight is 580 g/mol. The van der Waals surface area contributed by atoms with Crippen LogP contribution in [0.4, 0.5) is 9.59 Å². The van der Waals surface area contributed by atoms with E-state index in [0.717, 1.165) is 18.1 Å². The lowest BCUT2D eigenvalue weighted by Crippen LogP contribution is -2.53. The molecule has 0 saturated carbocycles. The number of esters is 2. The first-order valence-electron chi connectivity index (χ1n) is 13.1. The highest BCUT2D eigenvalue weighted by Gasteiger charge is 2.43. The molecule has 0 aromatic carbocycles. The van der Waals surface area contributed by atoms with Crippen LogP contribution in [0.5, 0.6) is 0 Å². The molecule has 0 saturated heterocycles. The topological polar surface area (TPSA) is 158 Å². The lowest BCUT2D eigenvalue weighted by Gasteiger charge is -2.33. The summed E-state index contributed by atoms with van der Waals surface area (Å²) in [6.07, 6.45) is 1.86. The van der Waals surface area contributed by atoms with Crippen LogP contribution in [0.15, 0.2) is 35.2 Å². The van der Waals surface area contributed by atoms with E-state index < -0.39 is 64.6 Å². The molecule has 1 aliphatic heterocycles. The van der Waals surface area contributed by atoms with Gasteiger partial charge in [-0.05, 0) is 67.4 Å². The maximum Gasteiger partial charge on any atom is 0.422 e. The highest BCUT2D eigenvalue weighted by Crippen LogP contribution is 2.24. The molecule has 1 heterocycles. The van der Waals surface area contributed by atoms with Crippen molar-refractivity contribution in [2.24, 2.45) is 0 Å². The SMILES string of the molecule is CCOC(=O)/C=C(/NC(=O)/C(=C(/C)CC)N(C(=O)OC(C)(C)C)C(=O)[C@@H]1C=CCN1C(=O)OC(C)(C)C)C(=O)OC. The molecule has 0 aromatic heterocycles. The van der Waals surface area contributed by atoms with Gasteiger partial charge in [0.2, 0.25) is 0 Å². The summed E-state index contributed by atoms with van der Waals surface area (Å²) in [4.78, 5) is 80.0. The van der Waals surface area contributed by atoms with Crippen molar-refractivity contribution in [1.82, 2.24) is 15.1 Å². The van der Waals surface area contributed by atoms with Crippen LogP contribution in [-0.2, 0) is 38.1 Å². The van der Waals surface area contributed by atoms with E-state index in [2.05, 4.69) is 10.1 Å². The standard InChI is InChI=1S/C28H41N3O10/c1-11-17(3)21(22(33)29-18(24(35)38-10)16-20(32)39-12-2)31(26(37)41-28(7,8)9)23(34)19-14-13-15-30(19)25(36)40-27(4,5)6/h13-14,16,19H,11-12,15H2,1-10H3,(H,29,33)/b18-16+,21-17+/t19-/m0/s1. The highest BCUT2D eigenvalue weighted by atomic mass is 16.6. The third-order valence-electron chi connectivity index (χ3n) is 5.21. The van der Waals surface area contributed by atoms with Gasteiger partial charge in [0.25, 0.3) is 11.8 Å². The number of imide groups is 1. The molecule has 13 nitrogen and oxygen atoms in total. The Morgan fingerprint density at radius 3 is 2.07 bits per heavy atom. The first-order chi connectivity index (χ1) is 18.9. The fourth-order valence-electron chi connectivity index (χ4n) is 3.37. The second-order valence-electron chi connectivity index (χ2n) is 10.9. The molecular weight excluding hydrogens is 538 g/mol. The number of nitrogens with one attached hydrogen (secondary N) is 1. The lowest BCUT2D eigenvalue weighted by molar-refractivity contribution is -0.140. The summed E-state index contributed by atoms with van der Waals surface area (Å²) in [5.41, 5.74) is -2.74. The predicted molar refractivity (Wildman–Crippen MR) is 147 cm³/mol. The quantitative estimate of drug-likeness (QED) is 0.196. The second-order valence-corrected chi connectivity index (χ2v) is 10.9. The third kappa shape index (κ3) is 10.4. The number of rotatable bonds is 8. The molecule has 0 aliphatic carbocycles. The summed E-state index contributed by atoms with van der Waals surface area (Å²) in [5.74, 6) is -4.08. The van der Waals surface area contributed by atoms with Gasteiger partial charge in [-0.25, -0.2) is 24.1 Å². The van der Waals surface area contributed by atoms with Gasteiger partial charge >= 0.3 is 24.1 Å². The summed E-state index contributed by atoms with van der Waals surface area (Å²) in [6.45, 7) is 14.5. The van der Waals surface area contributed by atoms with Gasteiger partial charge in [0.1, 0.15) is 28.6 Å². The molecule has 228 valence electrons. The Labute approximate surface area is 240 Å². The molecule has 0 fully saturated rings. The molecule has 0 unspecified atom stereocenters. The summed E-state index contributed by atoms with van der Waals surface area (Å²) in [7, 11) is 1.04. The Hall–Kier alpha value is -4.16. The normalized spacial score (nSPS) is 15.9. The molecule has 0 radical (unpaired) electrons. The van der Waals surface area contributed by atoms with E-state index in [1.807, 2.05) is 0 Å². The molecule has 1 N–H and O–H groups in total. The Morgan fingerprint density at radius 2 is 1.59 bits per heavy atom. The van der Waals surface area contributed by atoms with Gasteiger partial charge in [-0.3, -0.25) is 14.5 Å². The molecule has 4 amide bonds. The van der Waals surface area contributed by atoms with E-state index in [1.54, 1.807) is 61.5 Å². The average Bonchev–Trinajstić information content (AvgIpc) is 3.33. The Morgan fingerprint density at radius 1 is 1.00 bits per heavy atom. The van der Waals surface area contributed by atoms with Crippen molar-refractivity contribution in [2.45, 2.75) is 86.0 Å². The molecule has 1 rings (SSSR count). The van der Waals surface area contributed by atoms with Crippen LogP contribution in [-0.4, -0.2) is 83.2 Å². The number of methoxy groups -OCH3 is 1. The zero-order valence-corrected chi connectivity index (χ0v) is 25.4. The van der Waals surface area contributed by atoms with Gasteiger partial charge in [0.15, 0.2) is 0 Å². The molecule has 1 aliphatic rings. The van der Waals surface area contributed by atoms with E-state index in [-0.39, 0.29) is 25.1 Å². The summed E-state index contributed by atoms with van der Waals surface area (Å²) in [6, 6.07) is -1.32. The maximum atomic E-state index is 14.0. The second kappa shape index (κ2) is 14.5. The van der Waals surface area contributed by atoms with E-state index in [0.29, 0.717) is 4.90 Å². The van der Waals surface area contributed by atoms with Crippen LogP contribution in [0.25, 0.3) is 0 Å². The third-order valence-corrected chi connectivity index (χ3v) is 5.21. The fourth-order valence-corrected chi connectivity index (χ4v) is 3.37. The van der Waals surface area contributed by atoms with E-state index in [4.69, 9.17) is 14.2 Å². The molecular formula is C28H41N3O10. The molecule has 0 bridgehead atoms. The number of ether oxygens (including phenoxy) is 4. The number of carbonyl (C=O) groups excluding carboxylic acids is 6. The van der Waals surface area contributed by atoms with E-state index in [1.165, 1.54) is 13.0 Å². The minimum Gasteiger partial charge on any atom is -0.464 e. The minimum absolute atomic E-state index is 0.00179. The minimum atomic E-state index is -1.32. The van der Waals surface area contributed by atoms with Crippen molar-refractivity contribution in [1.29, 1.82) is 0 Å². The number of nitrogens with zero attached hydrogens (tertiary/aromatic N) is 2. The monoisotopic (exact) mass is 579 g/mol. The number of amides is 4. The van der Waals surface area contributed by atoms with Gasteiger partial charge < -0.3 is 24.3 Å². The van der Waals surface area contributed by atoms with E-state index in [9.17, 15) is 28.8 Å². The Kier molecular flexibility index (Phi) is 12.3.